The summed E-state index contributed by atoms with van der Waals surface area (Å²) in [5, 5.41) is 0. The van der Waals surface area contributed by atoms with Gasteiger partial charge in [0.1, 0.15) is 0 Å². The van der Waals surface area contributed by atoms with Crippen LogP contribution in [0.2, 0.25) is 0 Å². The number of hydrogen-bond donors (Lipinski definition) is 0. The van der Waals surface area contributed by atoms with Crippen molar-refractivity contribution in [2.45, 2.75) is 25.7 Å². The van der Waals surface area contributed by atoms with Gasteiger partial charge < -0.3 is 9.47 Å². The van der Waals surface area contributed by atoms with E-state index in [0.29, 0.717) is 0 Å². The van der Waals surface area contributed by atoms with Crippen molar-refractivity contribution in [2.75, 3.05) is 26.4 Å². The fraction of sp³-hybridized carbons (Fsp3) is 0.467. The number of ether oxygens (including phenoxy) is 2. The van der Waals surface area contributed by atoms with Crippen LogP contribution in [0, 0.1) is 35.5 Å². The summed E-state index contributed by atoms with van der Waals surface area (Å²) >= 11 is 0. The Morgan fingerprint density at radius 1 is 0.625 bits per heavy atom. The van der Waals surface area contributed by atoms with E-state index in [1.807, 2.05) is 0 Å². The minimum absolute atomic E-state index is 0.723. The third kappa shape index (κ3) is 5.24. The van der Waals surface area contributed by atoms with Crippen molar-refractivity contribution in [3.63, 3.8) is 0 Å². The van der Waals surface area contributed by atoms with Gasteiger partial charge in [0, 0.05) is 6.61 Å². The summed E-state index contributed by atoms with van der Waals surface area (Å²) in [6.07, 6.45) is 14.2. The predicted molar refractivity (Wildman–Crippen MR) is 132 cm³/mol. The molecule has 0 aromatic heterocycles. The fourth-order valence-corrected chi connectivity index (χ4v) is 6.74. The van der Waals surface area contributed by atoms with Gasteiger partial charge in [0.2, 0.25) is 0 Å². The number of benzene rings is 2. The molecule has 2 nitrogen and oxygen atoms in total. The highest BCUT2D eigenvalue weighted by Crippen LogP contribution is 2.62. The van der Waals surface area contributed by atoms with E-state index in [1.54, 1.807) is 0 Å². The van der Waals surface area contributed by atoms with E-state index in [0.717, 1.165) is 61.9 Å². The van der Waals surface area contributed by atoms with Gasteiger partial charge in [-0.1, -0.05) is 85.0 Å². The summed E-state index contributed by atoms with van der Waals surface area (Å²) < 4.78 is 12.1. The lowest BCUT2D eigenvalue weighted by molar-refractivity contribution is 0.0701. The molecule has 3 aliphatic carbocycles. The van der Waals surface area contributed by atoms with Gasteiger partial charge in [-0.3, -0.25) is 0 Å². The molecule has 6 unspecified atom stereocenters. The molecule has 2 bridgehead atoms. The topological polar surface area (TPSA) is 18.5 Å². The minimum atomic E-state index is 0.723. The standard InChI is InChI=1S/C30H36O2/c1-3-9-23(10-4-1)13-7-15-31-21-25-17-28-26-19-27(29(20-26)30(28)18-25)22-32-16-8-14-24-11-5-2-6-12-24/h1-14,25-30H,15-22H2/b13-7+,14-8+. The first-order valence-corrected chi connectivity index (χ1v) is 12.5. The summed E-state index contributed by atoms with van der Waals surface area (Å²) in [5.41, 5.74) is 2.49. The molecule has 0 aliphatic heterocycles. The van der Waals surface area contributed by atoms with Crippen LogP contribution >= 0.6 is 0 Å². The Balaban J connectivity index is 1.01. The molecule has 32 heavy (non-hydrogen) atoms. The first-order valence-electron chi connectivity index (χ1n) is 12.5. The van der Waals surface area contributed by atoms with Crippen LogP contribution in [0.5, 0.6) is 0 Å². The summed E-state index contributed by atoms with van der Waals surface area (Å²) in [6, 6.07) is 20.9. The lowest BCUT2D eigenvalue weighted by Gasteiger charge is -2.31. The summed E-state index contributed by atoms with van der Waals surface area (Å²) in [4.78, 5) is 0. The molecule has 2 aromatic carbocycles. The van der Waals surface area contributed by atoms with Crippen molar-refractivity contribution in [1.29, 1.82) is 0 Å². The Hall–Kier alpha value is -2.16. The fourth-order valence-electron chi connectivity index (χ4n) is 6.74. The molecule has 3 saturated carbocycles. The van der Waals surface area contributed by atoms with E-state index in [4.69, 9.17) is 9.47 Å². The van der Waals surface area contributed by atoms with E-state index in [-0.39, 0.29) is 0 Å². The van der Waals surface area contributed by atoms with Crippen LogP contribution in [0.25, 0.3) is 12.2 Å². The smallest absolute Gasteiger partial charge is 0.0650 e. The molecule has 0 heterocycles. The average molecular weight is 429 g/mol. The maximum absolute atomic E-state index is 6.08. The van der Waals surface area contributed by atoms with Gasteiger partial charge in [-0.2, -0.15) is 0 Å². The average Bonchev–Trinajstić information content (AvgIpc) is 3.52. The van der Waals surface area contributed by atoms with Crippen LogP contribution in [-0.4, -0.2) is 26.4 Å². The third-order valence-electron chi connectivity index (χ3n) is 8.04. The Morgan fingerprint density at radius 3 is 1.88 bits per heavy atom. The molecule has 5 rings (SSSR count). The van der Waals surface area contributed by atoms with Crippen LogP contribution in [0.1, 0.15) is 36.8 Å². The van der Waals surface area contributed by atoms with Crippen molar-refractivity contribution in [3.8, 4) is 0 Å². The minimum Gasteiger partial charge on any atom is -0.377 e. The van der Waals surface area contributed by atoms with Gasteiger partial charge >= 0.3 is 0 Å². The number of rotatable bonds is 10. The molecule has 0 N–H and O–H groups in total. The molecule has 3 fully saturated rings. The molecular weight excluding hydrogens is 392 g/mol. The Kier molecular flexibility index (Phi) is 7.20. The van der Waals surface area contributed by atoms with Gasteiger partial charge in [-0.15, -0.1) is 0 Å². The summed E-state index contributed by atoms with van der Waals surface area (Å²) in [7, 11) is 0. The van der Waals surface area contributed by atoms with Gasteiger partial charge in [-0.05, 0) is 72.3 Å². The van der Waals surface area contributed by atoms with Crippen LogP contribution in [-0.2, 0) is 9.47 Å². The van der Waals surface area contributed by atoms with Crippen molar-refractivity contribution in [1.82, 2.24) is 0 Å². The molecule has 2 heteroatoms. The van der Waals surface area contributed by atoms with Crippen LogP contribution in [0.4, 0.5) is 0 Å². The molecule has 0 saturated heterocycles. The van der Waals surface area contributed by atoms with E-state index in [9.17, 15) is 0 Å². The first kappa shape index (κ1) is 21.7. The number of fused-ring (bicyclic) bond motifs is 5. The van der Waals surface area contributed by atoms with Crippen LogP contribution in [0.15, 0.2) is 72.8 Å². The summed E-state index contributed by atoms with van der Waals surface area (Å²) in [6.45, 7) is 3.32. The largest absolute Gasteiger partial charge is 0.377 e. The van der Waals surface area contributed by atoms with Crippen molar-refractivity contribution < 1.29 is 9.47 Å². The van der Waals surface area contributed by atoms with Crippen LogP contribution in [0.3, 0.4) is 0 Å². The molecule has 168 valence electrons. The lowest BCUT2D eigenvalue weighted by Crippen LogP contribution is -2.27. The third-order valence-corrected chi connectivity index (χ3v) is 8.04. The molecule has 6 atom stereocenters. The van der Waals surface area contributed by atoms with Crippen molar-refractivity contribution in [2.24, 2.45) is 35.5 Å². The van der Waals surface area contributed by atoms with Crippen molar-refractivity contribution >= 4 is 12.2 Å². The van der Waals surface area contributed by atoms with E-state index in [1.165, 1.54) is 36.8 Å². The second-order valence-electron chi connectivity index (χ2n) is 10.0. The predicted octanol–water partition coefficient (Wildman–Crippen LogP) is 6.74. The maximum Gasteiger partial charge on any atom is 0.0650 e. The Morgan fingerprint density at radius 2 is 1.22 bits per heavy atom. The molecule has 3 aliphatic rings. The lowest BCUT2D eigenvalue weighted by atomic mass is 9.76. The van der Waals surface area contributed by atoms with E-state index >= 15 is 0 Å². The maximum atomic E-state index is 6.08. The monoisotopic (exact) mass is 428 g/mol. The van der Waals surface area contributed by atoms with Gasteiger partial charge in [0.15, 0.2) is 0 Å². The second-order valence-corrected chi connectivity index (χ2v) is 10.0. The molecule has 0 spiro atoms. The van der Waals surface area contributed by atoms with Crippen molar-refractivity contribution in [3.05, 3.63) is 83.9 Å². The van der Waals surface area contributed by atoms with Gasteiger partial charge in [0.05, 0.1) is 19.8 Å². The summed E-state index contributed by atoms with van der Waals surface area (Å²) in [5.74, 6) is 5.26. The molecule has 0 radical (unpaired) electrons. The Labute approximate surface area is 193 Å². The van der Waals surface area contributed by atoms with Gasteiger partial charge in [-0.25, -0.2) is 0 Å². The molecular formula is C30H36O2. The highest BCUT2D eigenvalue weighted by atomic mass is 16.5. The first-order chi connectivity index (χ1) is 15.9. The number of hydrogen-bond acceptors (Lipinski definition) is 2. The van der Waals surface area contributed by atoms with E-state index in [2.05, 4.69) is 85.0 Å². The quantitative estimate of drug-likeness (QED) is 0.390. The van der Waals surface area contributed by atoms with E-state index < -0.39 is 0 Å². The highest BCUT2D eigenvalue weighted by Gasteiger charge is 2.55. The second kappa shape index (κ2) is 10.6. The van der Waals surface area contributed by atoms with Gasteiger partial charge in [0.25, 0.3) is 0 Å². The zero-order valence-corrected chi connectivity index (χ0v) is 19.0. The zero-order chi connectivity index (χ0) is 21.6. The molecule has 0 amide bonds. The van der Waals surface area contributed by atoms with Crippen LogP contribution < -0.4 is 0 Å². The normalized spacial score (nSPS) is 31.1. The SMILES string of the molecule is C(=C\c1ccccc1)/COCC1CC2C3CC(COC/C=C/c4ccccc4)C(C3)C2C1. The Bertz CT molecular complexity index is 888. The molecule has 2 aromatic rings. The highest BCUT2D eigenvalue weighted by molar-refractivity contribution is 5.49. The zero-order valence-electron chi connectivity index (χ0n) is 19.0.